The molecule has 0 atom stereocenters. The number of alkyl halides is 2. The normalized spacial score (nSPS) is 21.1. The lowest BCUT2D eigenvalue weighted by Gasteiger charge is -2.38. The predicted molar refractivity (Wildman–Crippen MR) is 125 cm³/mol. The van der Waals surface area contributed by atoms with E-state index in [2.05, 4.69) is 11.4 Å². The van der Waals surface area contributed by atoms with Gasteiger partial charge in [0.2, 0.25) is 5.92 Å². The Hall–Kier alpha value is -2.67. The van der Waals surface area contributed by atoms with E-state index in [4.69, 9.17) is 9.47 Å². The van der Waals surface area contributed by atoms with E-state index in [0.717, 1.165) is 53.7 Å². The largest absolute Gasteiger partial charge is 0.490 e. The summed E-state index contributed by atoms with van der Waals surface area (Å²) >= 11 is 0. The molecule has 2 aromatic rings. The van der Waals surface area contributed by atoms with E-state index >= 15 is 0 Å². The summed E-state index contributed by atoms with van der Waals surface area (Å²) in [6.45, 7) is 2.45. The molecule has 0 radical (unpaired) electrons. The highest BCUT2D eigenvalue weighted by Crippen LogP contribution is 2.42. The molecule has 0 amide bonds. The lowest BCUT2D eigenvalue weighted by Crippen LogP contribution is -2.51. The molecule has 182 valence electrons. The van der Waals surface area contributed by atoms with Crippen molar-refractivity contribution in [3.8, 4) is 16.9 Å². The van der Waals surface area contributed by atoms with Crippen LogP contribution in [0.3, 0.4) is 0 Å². The van der Waals surface area contributed by atoms with Gasteiger partial charge >= 0.3 is 5.97 Å². The minimum absolute atomic E-state index is 0.120. The number of benzene rings is 2. The molecule has 0 heterocycles. The molecule has 5 rings (SSSR count). The Balaban J connectivity index is 1.45. The molecule has 3 aliphatic carbocycles. The zero-order valence-electron chi connectivity index (χ0n) is 19.4. The van der Waals surface area contributed by atoms with E-state index in [1.807, 2.05) is 37.3 Å². The highest BCUT2D eigenvalue weighted by Gasteiger charge is 2.48. The fourth-order valence-electron chi connectivity index (χ4n) is 4.61. The van der Waals surface area contributed by atoms with Crippen LogP contribution in [-0.4, -0.2) is 34.7 Å². The molecular formula is C27H31F2NO4. The first-order valence-electron chi connectivity index (χ1n) is 12.2. The molecule has 3 saturated carbocycles. The Bertz CT molecular complexity index is 1070. The zero-order valence-corrected chi connectivity index (χ0v) is 19.4. The topological polar surface area (TPSA) is 67.8 Å². The molecule has 0 aromatic heterocycles. The number of carbonyl (C=O) groups is 1. The van der Waals surface area contributed by atoms with Gasteiger partial charge < -0.3 is 19.9 Å². The van der Waals surface area contributed by atoms with Crippen LogP contribution in [-0.2, 0) is 16.1 Å². The molecule has 0 aliphatic heterocycles. The van der Waals surface area contributed by atoms with Crippen LogP contribution in [0.4, 0.5) is 14.5 Å². The smallest absolute Gasteiger partial charge is 0.329 e. The van der Waals surface area contributed by atoms with Gasteiger partial charge in [-0.2, -0.15) is 0 Å². The first kappa shape index (κ1) is 23.1. The van der Waals surface area contributed by atoms with Crippen molar-refractivity contribution in [2.24, 2.45) is 0 Å². The van der Waals surface area contributed by atoms with Crippen LogP contribution in [0.1, 0.15) is 62.5 Å². The number of carboxylic acids is 1. The summed E-state index contributed by atoms with van der Waals surface area (Å²) < 4.78 is 39.6. The summed E-state index contributed by atoms with van der Waals surface area (Å²) in [5.41, 5.74) is 3.25. The lowest BCUT2D eigenvalue weighted by atomic mass is 9.79. The van der Waals surface area contributed by atoms with E-state index in [1.54, 1.807) is 0 Å². The highest BCUT2D eigenvalue weighted by molar-refractivity contribution is 5.84. The summed E-state index contributed by atoms with van der Waals surface area (Å²) in [7, 11) is 0. The molecule has 7 heteroatoms. The van der Waals surface area contributed by atoms with E-state index in [0.29, 0.717) is 18.4 Å². The molecular weight excluding hydrogens is 440 g/mol. The van der Waals surface area contributed by atoms with Gasteiger partial charge in [-0.15, -0.1) is 0 Å². The van der Waals surface area contributed by atoms with Crippen LogP contribution in [0.5, 0.6) is 5.75 Å². The molecule has 2 aromatic carbocycles. The molecule has 3 fully saturated rings. The second-order valence-electron chi connectivity index (χ2n) is 10.00. The Morgan fingerprint density at radius 3 is 2.38 bits per heavy atom. The summed E-state index contributed by atoms with van der Waals surface area (Å²) in [5, 5.41) is 13.0. The van der Waals surface area contributed by atoms with Crippen LogP contribution in [0.2, 0.25) is 0 Å². The number of halogens is 2. The summed E-state index contributed by atoms with van der Waals surface area (Å²) in [4.78, 5) is 12.1. The van der Waals surface area contributed by atoms with E-state index in [-0.39, 0.29) is 18.9 Å². The maximum Gasteiger partial charge on any atom is 0.329 e. The number of anilines is 1. The molecule has 3 aliphatic rings. The Morgan fingerprint density at radius 2 is 1.74 bits per heavy atom. The number of hydrogen-bond acceptors (Lipinski definition) is 4. The van der Waals surface area contributed by atoms with Crippen molar-refractivity contribution in [2.75, 3.05) is 5.32 Å². The standard InChI is InChI=1S/C27H31F2NO4/c1-17-22(3-2-4-24(17)34-21-8-9-21)23-10-5-19(15-18(23)16-33-20-6-7-20)30-26(25(31)32)11-13-27(28,29)14-12-26/h2-5,10,15,20-21,30H,6-9,11-14,16H2,1H3,(H,31,32). The number of nitrogens with one attached hydrogen (secondary N) is 1. The Labute approximate surface area is 198 Å². The van der Waals surface area contributed by atoms with Gasteiger partial charge in [0.1, 0.15) is 11.3 Å². The molecule has 34 heavy (non-hydrogen) atoms. The van der Waals surface area contributed by atoms with Crippen molar-refractivity contribution < 1.29 is 28.2 Å². The fraction of sp³-hybridized carbons (Fsp3) is 0.519. The molecule has 0 spiro atoms. The van der Waals surface area contributed by atoms with Gasteiger partial charge in [-0.05, 0) is 85.9 Å². The second-order valence-corrected chi connectivity index (χ2v) is 10.00. The molecule has 0 unspecified atom stereocenters. The van der Waals surface area contributed by atoms with Crippen molar-refractivity contribution in [1.82, 2.24) is 0 Å². The maximum atomic E-state index is 13.7. The molecule has 0 saturated heterocycles. The monoisotopic (exact) mass is 471 g/mol. The van der Waals surface area contributed by atoms with Crippen LogP contribution >= 0.6 is 0 Å². The number of ether oxygens (including phenoxy) is 2. The second kappa shape index (κ2) is 8.84. The average Bonchev–Trinajstić information content (AvgIpc) is 3.72. The van der Waals surface area contributed by atoms with Crippen molar-refractivity contribution in [3.63, 3.8) is 0 Å². The average molecular weight is 472 g/mol. The van der Waals surface area contributed by atoms with Crippen molar-refractivity contribution in [2.45, 2.75) is 88.6 Å². The highest BCUT2D eigenvalue weighted by atomic mass is 19.3. The van der Waals surface area contributed by atoms with Gasteiger partial charge in [0.25, 0.3) is 0 Å². The Morgan fingerprint density at radius 1 is 1.03 bits per heavy atom. The molecule has 2 N–H and O–H groups in total. The third kappa shape index (κ3) is 5.04. The quantitative estimate of drug-likeness (QED) is 0.448. The van der Waals surface area contributed by atoms with E-state index in [9.17, 15) is 18.7 Å². The van der Waals surface area contributed by atoms with E-state index in [1.165, 1.54) is 0 Å². The first-order valence-corrected chi connectivity index (χ1v) is 12.2. The summed E-state index contributed by atoms with van der Waals surface area (Å²) in [6.07, 6.45) is 3.72. The van der Waals surface area contributed by atoms with Gasteiger partial charge in [-0.1, -0.05) is 18.2 Å². The van der Waals surface area contributed by atoms with Crippen LogP contribution in [0.15, 0.2) is 36.4 Å². The van der Waals surface area contributed by atoms with Crippen molar-refractivity contribution in [3.05, 3.63) is 47.5 Å². The number of aliphatic carboxylic acids is 1. The van der Waals surface area contributed by atoms with Gasteiger partial charge in [0, 0.05) is 18.5 Å². The van der Waals surface area contributed by atoms with Gasteiger partial charge in [-0.3, -0.25) is 0 Å². The number of hydrogen-bond donors (Lipinski definition) is 2. The van der Waals surface area contributed by atoms with Crippen LogP contribution < -0.4 is 10.1 Å². The zero-order chi connectivity index (χ0) is 23.9. The first-order chi connectivity index (χ1) is 16.2. The van der Waals surface area contributed by atoms with Gasteiger partial charge in [0.15, 0.2) is 0 Å². The predicted octanol–water partition coefficient (Wildman–Crippen LogP) is 6.33. The molecule has 5 nitrogen and oxygen atoms in total. The van der Waals surface area contributed by atoms with Gasteiger partial charge in [-0.25, -0.2) is 13.6 Å². The minimum atomic E-state index is -2.81. The number of carboxylic acid groups (broad SMARTS) is 1. The summed E-state index contributed by atoms with van der Waals surface area (Å²) in [5.74, 6) is -3.02. The van der Waals surface area contributed by atoms with Crippen LogP contribution in [0, 0.1) is 6.92 Å². The fourth-order valence-corrected chi connectivity index (χ4v) is 4.61. The van der Waals surface area contributed by atoms with Crippen molar-refractivity contribution in [1.29, 1.82) is 0 Å². The summed E-state index contributed by atoms with van der Waals surface area (Å²) in [6, 6.07) is 11.7. The third-order valence-electron chi connectivity index (χ3n) is 7.12. The molecule has 0 bridgehead atoms. The Kier molecular flexibility index (Phi) is 6.00. The third-order valence-corrected chi connectivity index (χ3v) is 7.12. The van der Waals surface area contributed by atoms with Gasteiger partial charge in [0.05, 0.1) is 18.8 Å². The number of rotatable bonds is 9. The van der Waals surface area contributed by atoms with Crippen LogP contribution in [0.25, 0.3) is 11.1 Å². The SMILES string of the molecule is Cc1c(OC2CC2)cccc1-c1ccc(NC2(C(=O)O)CCC(F)(F)CC2)cc1COC1CC1. The maximum absolute atomic E-state index is 13.7. The lowest BCUT2D eigenvalue weighted by molar-refractivity contribution is -0.146. The van der Waals surface area contributed by atoms with E-state index < -0.39 is 30.3 Å². The minimum Gasteiger partial charge on any atom is -0.490 e. The van der Waals surface area contributed by atoms with Crippen molar-refractivity contribution >= 4 is 11.7 Å².